The molecule has 0 aromatic heterocycles. The number of carbonyl (C=O) groups is 3. The summed E-state index contributed by atoms with van der Waals surface area (Å²) in [5.74, 6) is 0.409. The van der Waals surface area contributed by atoms with Crippen LogP contribution in [-0.4, -0.2) is 53.8 Å². The molecule has 0 unspecified atom stereocenters. The lowest BCUT2D eigenvalue weighted by atomic mass is 9.46. The van der Waals surface area contributed by atoms with Gasteiger partial charge in [-0.2, -0.15) is 0 Å². The van der Waals surface area contributed by atoms with E-state index in [2.05, 4.69) is 30.4 Å². The molecule has 41 heavy (non-hydrogen) atoms. The van der Waals surface area contributed by atoms with E-state index in [0.29, 0.717) is 30.6 Å². The van der Waals surface area contributed by atoms with Crippen molar-refractivity contribution in [3.63, 3.8) is 0 Å². The molecule has 2 N–H and O–H groups in total. The van der Waals surface area contributed by atoms with Crippen LogP contribution in [0, 0.1) is 28.6 Å². The molecular weight excluding hydrogens is 520 g/mol. The van der Waals surface area contributed by atoms with E-state index in [9.17, 15) is 19.5 Å². The molecule has 1 aromatic carbocycles. The van der Waals surface area contributed by atoms with Crippen molar-refractivity contribution in [1.82, 2.24) is 5.32 Å². The van der Waals surface area contributed by atoms with Gasteiger partial charge in [0.2, 0.25) is 0 Å². The number of hydrogen-bond donors (Lipinski definition) is 2. The summed E-state index contributed by atoms with van der Waals surface area (Å²) < 4.78 is 4.87. The van der Waals surface area contributed by atoms with Crippen LogP contribution >= 0.6 is 0 Å². The molecule has 3 fully saturated rings. The molecule has 0 radical (unpaired) electrons. The molecule has 0 heterocycles. The van der Waals surface area contributed by atoms with Gasteiger partial charge in [-0.25, -0.2) is 4.79 Å². The van der Waals surface area contributed by atoms with E-state index in [0.717, 1.165) is 56.2 Å². The van der Waals surface area contributed by atoms with Crippen molar-refractivity contribution in [2.45, 2.75) is 90.2 Å². The van der Waals surface area contributed by atoms with Crippen LogP contribution in [0.2, 0.25) is 0 Å². The van der Waals surface area contributed by atoms with Gasteiger partial charge in [-0.1, -0.05) is 54.9 Å². The number of benzene rings is 1. The second-order valence-electron chi connectivity index (χ2n) is 13.1. The molecule has 1 aromatic rings. The molecule has 5 rings (SSSR count). The maximum Gasteiger partial charge on any atom is 0.328 e. The number of amides is 1. The Morgan fingerprint density at radius 3 is 2.49 bits per heavy atom. The molecule has 0 bridgehead atoms. The number of fused-ring (bicyclic) bond motifs is 5. The van der Waals surface area contributed by atoms with Crippen LogP contribution in [0.1, 0.15) is 77.7 Å². The predicted molar refractivity (Wildman–Crippen MR) is 155 cm³/mol. The van der Waals surface area contributed by atoms with Gasteiger partial charge < -0.3 is 20.0 Å². The van der Waals surface area contributed by atoms with Crippen molar-refractivity contribution >= 4 is 23.4 Å². The summed E-state index contributed by atoms with van der Waals surface area (Å²) in [6.07, 6.45) is 9.68. The van der Waals surface area contributed by atoms with Gasteiger partial charge in [-0.3, -0.25) is 9.59 Å². The van der Waals surface area contributed by atoms with Gasteiger partial charge in [0, 0.05) is 11.8 Å². The Balaban J connectivity index is 1.20. The molecule has 3 saturated carbocycles. The van der Waals surface area contributed by atoms with Gasteiger partial charge >= 0.3 is 5.97 Å². The molecule has 0 spiro atoms. The average Bonchev–Trinajstić information content (AvgIpc) is 3.24. The molecule has 1 amide bonds. The van der Waals surface area contributed by atoms with Gasteiger partial charge in [-0.15, -0.1) is 0 Å². The zero-order chi connectivity index (χ0) is 29.4. The number of Topliss-reactive ketones (excluding diaryl/α,β-unsaturated/α-hetero) is 1. The Bertz CT molecular complexity index is 1240. The highest BCUT2D eigenvalue weighted by Crippen LogP contribution is 2.67. The smallest absolute Gasteiger partial charge is 0.328 e. The Labute approximate surface area is 242 Å². The second-order valence-corrected chi connectivity index (χ2v) is 13.1. The first-order valence-electron chi connectivity index (χ1n) is 15.1. The van der Waals surface area contributed by atoms with Crippen molar-refractivity contribution in [2.75, 3.05) is 13.7 Å². The van der Waals surface area contributed by atoms with Crippen LogP contribution in [0.25, 0.3) is 0 Å². The summed E-state index contributed by atoms with van der Waals surface area (Å²) in [4.78, 5) is 42.8. The lowest BCUT2D eigenvalue weighted by Gasteiger charge is -2.59. The van der Waals surface area contributed by atoms with Crippen LogP contribution < -0.4 is 5.32 Å². The van der Waals surface area contributed by atoms with Crippen LogP contribution in [0.4, 0.5) is 0 Å². The van der Waals surface area contributed by atoms with Crippen molar-refractivity contribution in [3.8, 4) is 0 Å². The highest BCUT2D eigenvalue weighted by molar-refractivity contribution is 5.96. The minimum Gasteiger partial charge on any atom is -0.467 e. The zero-order valence-corrected chi connectivity index (χ0v) is 24.8. The van der Waals surface area contributed by atoms with E-state index in [1.54, 1.807) is 6.92 Å². The molecule has 8 heteroatoms. The molecule has 222 valence electrons. The molecule has 4 aliphatic carbocycles. The minimum atomic E-state index is -1.19. The number of nitrogens with zero attached hydrogens (tertiary/aromatic N) is 1. The van der Waals surface area contributed by atoms with Gasteiger partial charge in [0.1, 0.15) is 11.6 Å². The van der Waals surface area contributed by atoms with E-state index in [4.69, 9.17) is 9.57 Å². The van der Waals surface area contributed by atoms with Crippen molar-refractivity contribution in [3.05, 3.63) is 47.5 Å². The minimum absolute atomic E-state index is 0.0722. The maximum absolute atomic E-state index is 12.6. The Morgan fingerprint density at radius 2 is 1.78 bits per heavy atom. The zero-order valence-electron chi connectivity index (χ0n) is 24.8. The first-order chi connectivity index (χ1) is 19.5. The van der Waals surface area contributed by atoms with Gasteiger partial charge in [0.15, 0.2) is 12.4 Å². The highest BCUT2D eigenvalue weighted by atomic mass is 16.6. The standard InChI is InChI=1S/C33H44N2O6/c1-21(36)33(39)17-14-27-25-11-10-23-19-24(12-15-31(23,2)26(25)13-16-32(27,33)3)35-41-20-29(37)34-28(30(38)40-4)18-22-8-6-5-7-9-22/h5-9,19,25-28,39H,10-18,20H2,1-4H3,(H,34,37)/t25-,26-,27-,28+,31+,32+,33-/m1/s1. The summed E-state index contributed by atoms with van der Waals surface area (Å²) in [6.45, 7) is 5.81. The molecule has 0 aliphatic heterocycles. The fourth-order valence-electron chi connectivity index (χ4n) is 8.83. The monoisotopic (exact) mass is 564 g/mol. The third kappa shape index (κ3) is 5.24. The highest BCUT2D eigenvalue weighted by Gasteiger charge is 2.65. The van der Waals surface area contributed by atoms with Crippen molar-refractivity contribution < 1.29 is 29.1 Å². The van der Waals surface area contributed by atoms with Crippen LogP contribution in [-0.2, 0) is 30.4 Å². The molecule has 8 nitrogen and oxygen atoms in total. The number of carbonyl (C=O) groups excluding carboxylic acids is 3. The van der Waals surface area contributed by atoms with E-state index >= 15 is 0 Å². The molecular formula is C33H44N2O6. The number of hydrogen-bond acceptors (Lipinski definition) is 7. The van der Waals surface area contributed by atoms with Crippen molar-refractivity contribution in [1.29, 1.82) is 0 Å². The number of nitrogens with one attached hydrogen (secondary N) is 1. The number of rotatable bonds is 8. The summed E-state index contributed by atoms with van der Waals surface area (Å²) in [5, 5.41) is 18.4. The van der Waals surface area contributed by atoms with E-state index < -0.39 is 23.5 Å². The fourth-order valence-corrected chi connectivity index (χ4v) is 8.83. The van der Waals surface area contributed by atoms with E-state index in [1.807, 2.05) is 30.3 Å². The van der Waals surface area contributed by atoms with Crippen LogP contribution in [0.3, 0.4) is 0 Å². The first-order valence-corrected chi connectivity index (χ1v) is 15.1. The van der Waals surface area contributed by atoms with Crippen LogP contribution in [0.15, 0.2) is 47.1 Å². The maximum atomic E-state index is 12.6. The van der Waals surface area contributed by atoms with Gasteiger partial charge in [-0.05, 0) is 93.1 Å². The van der Waals surface area contributed by atoms with Crippen molar-refractivity contribution in [2.24, 2.45) is 33.7 Å². The first kappa shape index (κ1) is 29.5. The SMILES string of the molecule is COC(=O)[C@H](Cc1ccccc1)NC(=O)CON=C1C=C2CC[C@@H]3[C@@H](CC[C@@]4(C)[C@@H]3CC[C@@]4(O)C(C)=O)[C@@]2(C)CC1. The summed E-state index contributed by atoms with van der Waals surface area (Å²) in [5.41, 5.74) is 1.71. The number of oxime groups is 1. The van der Waals surface area contributed by atoms with Gasteiger partial charge in [0.25, 0.3) is 5.91 Å². The fraction of sp³-hybridized carbons (Fsp3) is 0.636. The van der Waals surface area contributed by atoms with E-state index in [1.165, 1.54) is 12.7 Å². The Kier molecular flexibility index (Phi) is 8.16. The molecule has 7 atom stereocenters. The molecule has 0 saturated heterocycles. The number of ketones is 1. The third-order valence-corrected chi connectivity index (χ3v) is 11.2. The number of aliphatic hydroxyl groups is 1. The van der Waals surface area contributed by atoms with E-state index in [-0.39, 0.29) is 23.2 Å². The number of ether oxygens (including phenoxy) is 1. The Hall–Kier alpha value is -3.00. The normalized spacial score (nSPS) is 35.8. The quantitative estimate of drug-likeness (QED) is 0.354. The van der Waals surface area contributed by atoms with Gasteiger partial charge in [0.05, 0.1) is 12.8 Å². The third-order valence-electron chi connectivity index (χ3n) is 11.2. The number of esters is 1. The average molecular weight is 565 g/mol. The number of methoxy groups -OCH3 is 1. The second kappa shape index (κ2) is 11.3. The predicted octanol–water partition coefficient (Wildman–Crippen LogP) is 4.54. The Morgan fingerprint density at radius 1 is 1.05 bits per heavy atom. The lowest BCUT2D eigenvalue weighted by molar-refractivity contribution is -0.159. The topological polar surface area (TPSA) is 114 Å². The summed E-state index contributed by atoms with van der Waals surface area (Å²) in [7, 11) is 1.30. The lowest BCUT2D eigenvalue weighted by Crippen LogP contribution is -2.57. The number of allylic oxidation sites excluding steroid dienone is 2. The largest absolute Gasteiger partial charge is 0.467 e. The summed E-state index contributed by atoms with van der Waals surface area (Å²) >= 11 is 0. The van der Waals surface area contributed by atoms with Crippen LogP contribution in [0.5, 0.6) is 0 Å². The molecule has 4 aliphatic rings. The summed E-state index contributed by atoms with van der Waals surface area (Å²) in [6, 6.07) is 8.65.